The average Bonchev–Trinajstić information content (AvgIpc) is 2.81. The lowest BCUT2D eigenvalue weighted by atomic mass is 10.0. The number of rotatable bonds is 2. The molecule has 0 amide bonds. The molecule has 104 valence electrons. The summed E-state index contributed by atoms with van der Waals surface area (Å²) in [6, 6.07) is 6.21. The number of aromatic nitrogens is 3. The fraction of sp³-hybridized carbons (Fsp3) is 0.357. The van der Waals surface area contributed by atoms with Crippen molar-refractivity contribution >= 4 is 5.97 Å². The van der Waals surface area contributed by atoms with Crippen LogP contribution in [0.4, 0.5) is 0 Å². The molecule has 6 nitrogen and oxygen atoms in total. The molecular formula is C14H15N3O3. The number of hydrogen-bond donors (Lipinski definition) is 1. The highest BCUT2D eigenvalue weighted by molar-refractivity contribution is 5.86. The summed E-state index contributed by atoms with van der Waals surface area (Å²) in [5.74, 6) is -1.07. The third kappa shape index (κ3) is 2.08. The van der Waals surface area contributed by atoms with Crippen molar-refractivity contribution in [2.24, 2.45) is 0 Å². The number of aryl methyl sites for hydroxylation is 2. The Morgan fingerprint density at radius 3 is 2.95 bits per heavy atom. The Balaban J connectivity index is 1.91. The minimum Gasteiger partial charge on any atom is -0.476 e. The molecule has 1 N–H and O–H groups in total. The van der Waals surface area contributed by atoms with Gasteiger partial charge in [-0.3, -0.25) is 0 Å². The van der Waals surface area contributed by atoms with Crippen LogP contribution in [0.5, 0.6) is 0 Å². The van der Waals surface area contributed by atoms with Crippen LogP contribution in [-0.4, -0.2) is 26.1 Å². The number of carboxylic acids is 1. The molecule has 0 saturated carbocycles. The van der Waals surface area contributed by atoms with Gasteiger partial charge in [0.2, 0.25) is 0 Å². The van der Waals surface area contributed by atoms with Crippen LogP contribution in [0.1, 0.15) is 39.0 Å². The SMILES string of the molecule is Cc1ccc([C@@H]2Cn3nnc(C(=O)O)c3CO2)c(C)c1. The van der Waals surface area contributed by atoms with E-state index in [0.717, 1.165) is 11.1 Å². The molecule has 1 aliphatic heterocycles. The lowest BCUT2D eigenvalue weighted by molar-refractivity contribution is -0.00242. The summed E-state index contributed by atoms with van der Waals surface area (Å²) in [7, 11) is 0. The van der Waals surface area contributed by atoms with Crippen LogP contribution < -0.4 is 0 Å². The van der Waals surface area contributed by atoms with E-state index in [4.69, 9.17) is 9.84 Å². The fourth-order valence-electron chi connectivity index (χ4n) is 2.55. The van der Waals surface area contributed by atoms with Crippen LogP contribution in [0, 0.1) is 13.8 Å². The summed E-state index contributed by atoms with van der Waals surface area (Å²) in [6.45, 7) is 4.80. The molecule has 3 rings (SSSR count). The quantitative estimate of drug-likeness (QED) is 0.903. The highest BCUT2D eigenvalue weighted by Crippen LogP contribution is 2.29. The summed E-state index contributed by atoms with van der Waals surface area (Å²) >= 11 is 0. The maximum Gasteiger partial charge on any atom is 0.358 e. The molecule has 0 bridgehead atoms. The Labute approximate surface area is 116 Å². The van der Waals surface area contributed by atoms with Crippen molar-refractivity contribution in [2.45, 2.75) is 33.1 Å². The van der Waals surface area contributed by atoms with Crippen LogP contribution in [0.2, 0.25) is 0 Å². The van der Waals surface area contributed by atoms with Gasteiger partial charge in [0.1, 0.15) is 6.10 Å². The van der Waals surface area contributed by atoms with Crippen molar-refractivity contribution in [2.75, 3.05) is 0 Å². The van der Waals surface area contributed by atoms with Gasteiger partial charge < -0.3 is 9.84 Å². The summed E-state index contributed by atoms with van der Waals surface area (Å²) < 4.78 is 7.42. The van der Waals surface area contributed by atoms with Crippen LogP contribution in [0.25, 0.3) is 0 Å². The first-order chi connectivity index (χ1) is 9.56. The number of nitrogens with zero attached hydrogens (tertiary/aromatic N) is 3. The lowest BCUT2D eigenvalue weighted by Crippen LogP contribution is -2.23. The first-order valence-corrected chi connectivity index (χ1v) is 6.40. The van der Waals surface area contributed by atoms with E-state index in [-0.39, 0.29) is 18.4 Å². The molecular weight excluding hydrogens is 258 g/mol. The van der Waals surface area contributed by atoms with Crippen molar-refractivity contribution < 1.29 is 14.6 Å². The number of fused-ring (bicyclic) bond motifs is 1. The number of carbonyl (C=O) groups is 1. The van der Waals surface area contributed by atoms with E-state index < -0.39 is 5.97 Å². The molecule has 0 fully saturated rings. The number of ether oxygens (including phenoxy) is 1. The molecule has 2 heterocycles. The minimum absolute atomic E-state index is 0.0240. The Hall–Kier alpha value is -2.21. The van der Waals surface area contributed by atoms with Crippen LogP contribution in [0.15, 0.2) is 18.2 Å². The van der Waals surface area contributed by atoms with Crippen molar-refractivity contribution in [3.8, 4) is 0 Å². The molecule has 0 saturated heterocycles. The van der Waals surface area contributed by atoms with Gasteiger partial charge in [0.25, 0.3) is 0 Å². The van der Waals surface area contributed by atoms with E-state index in [1.807, 2.05) is 19.9 Å². The van der Waals surface area contributed by atoms with Gasteiger partial charge in [-0.25, -0.2) is 9.48 Å². The second-order valence-electron chi connectivity index (χ2n) is 5.03. The number of benzene rings is 1. The van der Waals surface area contributed by atoms with Gasteiger partial charge in [0, 0.05) is 0 Å². The standard InChI is InChI=1S/C14H15N3O3/c1-8-3-4-10(9(2)5-8)12-6-17-11(7-20-12)13(14(18)19)15-16-17/h3-5,12H,6-7H2,1-2H3,(H,18,19)/t12-/m0/s1. The van der Waals surface area contributed by atoms with E-state index in [1.54, 1.807) is 4.68 Å². The first-order valence-electron chi connectivity index (χ1n) is 6.40. The maximum atomic E-state index is 11.0. The van der Waals surface area contributed by atoms with Gasteiger partial charge in [-0.05, 0) is 25.0 Å². The van der Waals surface area contributed by atoms with Gasteiger partial charge in [0.05, 0.1) is 18.8 Å². The Bertz CT molecular complexity index is 678. The number of carboxylic acid groups (broad SMARTS) is 1. The zero-order chi connectivity index (χ0) is 14.3. The van der Waals surface area contributed by atoms with E-state index in [2.05, 4.69) is 22.4 Å². The van der Waals surface area contributed by atoms with Crippen LogP contribution in [-0.2, 0) is 17.9 Å². The van der Waals surface area contributed by atoms with Gasteiger partial charge in [-0.2, -0.15) is 0 Å². The number of hydrogen-bond acceptors (Lipinski definition) is 4. The smallest absolute Gasteiger partial charge is 0.358 e. The summed E-state index contributed by atoms with van der Waals surface area (Å²) in [6.07, 6.45) is -0.119. The van der Waals surface area contributed by atoms with Crippen LogP contribution in [0.3, 0.4) is 0 Å². The molecule has 20 heavy (non-hydrogen) atoms. The molecule has 2 aromatic rings. The molecule has 1 aliphatic rings. The lowest BCUT2D eigenvalue weighted by Gasteiger charge is -2.25. The monoisotopic (exact) mass is 273 g/mol. The molecule has 0 unspecified atom stereocenters. The second-order valence-corrected chi connectivity index (χ2v) is 5.03. The maximum absolute atomic E-state index is 11.0. The van der Waals surface area contributed by atoms with E-state index in [0.29, 0.717) is 12.2 Å². The molecule has 0 aliphatic carbocycles. The average molecular weight is 273 g/mol. The Morgan fingerprint density at radius 2 is 2.25 bits per heavy atom. The minimum atomic E-state index is -1.07. The third-order valence-electron chi connectivity index (χ3n) is 3.57. The highest BCUT2D eigenvalue weighted by Gasteiger charge is 2.28. The molecule has 0 radical (unpaired) electrons. The van der Waals surface area contributed by atoms with Crippen LogP contribution >= 0.6 is 0 Å². The van der Waals surface area contributed by atoms with Crippen molar-refractivity contribution in [3.63, 3.8) is 0 Å². The van der Waals surface area contributed by atoms with Crippen molar-refractivity contribution in [3.05, 3.63) is 46.3 Å². The second kappa shape index (κ2) is 4.72. The zero-order valence-corrected chi connectivity index (χ0v) is 11.3. The highest BCUT2D eigenvalue weighted by atomic mass is 16.5. The first kappa shape index (κ1) is 12.8. The summed E-state index contributed by atoms with van der Waals surface area (Å²) in [5, 5.41) is 16.6. The molecule has 1 aromatic carbocycles. The van der Waals surface area contributed by atoms with E-state index in [1.165, 1.54) is 5.56 Å². The largest absolute Gasteiger partial charge is 0.476 e. The predicted octanol–water partition coefficient (Wildman–Crippen LogP) is 1.86. The molecule has 0 spiro atoms. The van der Waals surface area contributed by atoms with Crippen molar-refractivity contribution in [1.29, 1.82) is 0 Å². The van der Waals surface area contributed by atoms with Gasteiger partial charge in [-0.1, -0.05) is 29.0 Å². The summed E-state index contributed by atoms with van der Waals surface area (Å²) in [4.78, 5) is 11.0. The van der Waals surface area contributed by atoms with E-state index >= 15 is 0 Å². The molecule has 6 heteroatoms. The topological polar surface area (TPSA) is 77.2 Å². The Morgan fingerprint density at radius 1 is 1.45 bits per heavy atom. The third-order valence-corrected chi connectivity index (χ3v) is 3.57. The fourth-order valence-corrected chi connectivity index (χ4v) is 2.55. The summed E-state index contributed by atoms with van der Waals surface area (Å²) in [5.41, 5.74) is 3.98. The Kier molecular flexibility index (Phi) is 3.02. The van der Waals surface area contributed by atoms with Crippen molar-refractivity contribution in [1.82, 2.24) is 15.0 Å². The van der Waals surface area contributed by atoms with Gasteiger partial charge >= 0.3 is 5.97 Å². The predicted molar refractivity (Wildman–Crippen MR) is 70.4 cm³/mol. The van der Waals surface area contributed by atoms with E-state index in [9.17, 15) is 4.79 Å². The molecule has 1 atom stereocenters. The molecule has 1 aromatic heterocycles. The normalized spacial score (nSPS) is 17.8. The van der Waals surface area contributed by atoms with Gasteiger partial charge in [0.15, 0.2) is 5.69 Å². The van der Waals surface area contributed by atoms with Gasteiger partial charge in [-0.15, -0.1) is 5.10 Å². The zero-order valence-electron chi connectivity index (χ0n) is 11.3. The number of aromatic carboxylic acids is 1.